The van der Waals surface area contributed by atoms with E-state index in [1.54, 1.807) is 16.8 Å². The van der Waals surface area contributed by atoms with Gasteiger partial charge in [0.25, 0.3) is 0 Å². The fraction of sp³-hybridized carbons (Fsp3) is 0.409. The molecule has 0 radical (unpaired) electrons. The Labute approximate surface area is 196 Å². The maximum absolute atomic E-state index is 12.9. The molecule has 7 nitrogen and oxygen atoms in total. The number of aromatic nitrogens is 2. The Balaban J connectivity index is 1.43. The van der Waals surface area contributed by atoms with E-state index in [-0.39, 0.29) is 30.6 Å². The fourth-order valence-electron chi connectivity index (χ4n) is 3.35. The molecule has 188 valence electrons. The highest BCUT2D eigenvalue weighted by atomic mass is 19.4. The van der Waals surface area contributed by atoms with Crippen LogP contribution in [-0.2, 0) is 27.0 Å². The minimum absolute atomic E-state index is 0.0448. The number of halogens is 6. The zero-order valence-electron chi connectivity index (χ0n) is 18.1. The second kappa shape index (κ2) is 10.5. The summed E-state index contributed by atoms with van der Waals surface area (Å²) in [5.41, 5.74) is -0.175. The van der Waals surface area contributed by atoms with Crippen LogP contribution in [0.1, 0.15) is 30.4 Å². The monoisotopic (exact) mass is 502 g/mol. The normalized spacial score (nSPS) is 18.0. The van der Waals surface area contributed by atoms with Crippen LogP contribution in [0.25, 0.3) is 11.3 Å². The average Bonchev–Trinajstić information content (AvgIpc) is 3.20. The maximum atomic E-state index is 12.9. The van der Waals surface area contributed by atoms with E-state index in [2.05, 4.69) is 21.6 Å². The Kier molecular flexibility index (Phi) is 7.86. The van der Waals surface area contributed by atoms with Crippen LogP contribution >= 0.6 is 0 Å². The lowest BCUT2D eigenvalue weighted by molar-refractivity contribution is -0.357. The molecular weight excluding hydrogens is 482 g/mol. The van der Waals surface area contributed by atoms with E-state index in [0.29, 0.717) is 24.4 Å². The summed E-state index contributed by atoms with van der Waals surface area (Å²) in [5.74, 6) is -0.509. The van der Waals surface area contributed by atoms with Gasteiger partial charge in [0.15, 0.2) is 0 Å². The third-order valence-corrected chi connectivity index (χ3v) is 5.17. The Morgan fingerprint density at radius 2 is 1.94 bits per heavy atom. The van der Waals surface area contributed by atoms with Crippen molar-refractivity contribution in [1.29, 1.82) is 5.26 Å². The summed E-state index contributed by atoms with van der Waals surface area (Å²) < 4.78 is 85.6. The zero-order chi connectivity index (χ0) is 25.8. The van der Waals surface area contributed by atoms with Gasteiger partial charge in [-0.25, -0.2) is 4.98 Å². The van der Waals surface area contributed by atoms with Crippen molar-refractivity contribution in [1.82, 2.24) is 14.9 Å². The molecule has 1 amide bonds. The first kappa shape index (κ1) is 26.2. The van der Waals surface area contributed by atoms with E-state index in [4.69, 9.17) is 4.74 Å². The minimum Gasteiger partial charge on any atom is -0.368 e. The van der Waals surface area contributed by atoms with Crippen molar-refractivity contribution in [2.24, 2.45) is 0 Å². The summed E-state index contributed by atoms with van der Waals surface area (Å²) in [6, 6.07) is 4.58. The van der Waals surface area contributed by atoms with Gasteiger partial charge in [-0.1, -0.05) is 12.6 Å². The van der Waals surface area contributed by atoms with Gasteiger partial charge in [-0.05, 0) is 12.1 Å². The highest BCUT2D eigenvalue weighted by Crippen LogP contribution is 2.33. The number of aryl methyl sites for hydroxylation is 1. The molecular formula is C22H20F6N4O3. The van der Waals surface area contributed by atoms with E-state index in [1.807, 2.05) is 0 Å². The van der Waals surface area contributed by atoms with Crippen LogP contribution in [0.3, 0.4) is 0 Å². The molecule has 1 fully saturated rings. The third-order valence-electron chi connectivity index (χ3n) is 5.17. The van der Waals surface area contributed by atoms with Crippen LogP contribution < -0.4 is 5.32 Å². The van der Waals surface area contributed by atoms with Gasteiger partial charge in [0.1, 0.15) is 6.61 Å². The van der Waals surface area contributed by atoms with Gasteiger partial charge in [-0.15, -0.1) is 13.2 Å². The lowest BCUT2D eigenvalue weighted by Crippen LogP contribution is -2.42. The number of hydrogen-bond acceptors (Lipinski definition) is 5. The number of ether oxygens (including phenoxy) is 2. The van der Waals surface area contributed by atoms with Crippen molar-refractivity contribution in [2.75, 3.05) is 6.61 Å². The van der Waals surface area contributed by atoms with Crippen molar-refractivity contribution in [3.05, 3.63) is 54.1 Å². The second-order valence-corrected chi connectivity index (χ2v) is 7.86. The van der Waals surface area contributed by atoms with Crippen LogP contribution in [-0.4, -0.2) is 40.6 Å². The standard InChI is InChI=1S/C22H20F6N4O3/c1-13(31-20(33)11-34-16-7-17(8-16)35-22(26,27)28)4-5-32-10-19(30-12-32)18-3-2-15(21(23,24)25)6-14(18)9-29/h2-3,6,10,12,16-17H,1,4-5,7-8,11H2,(H,31,33). The number of alkyl halides is 6. The average molecular weight is 502 g/mol. The molecule has 13 heteroatoms. The number of nitrogens with zero attached hydrogens (tertiary/aromatic N) is 3. The fourth-order valence-corrected chi connectivity index (χ4v) is 3.35. The summed E-state index contributed by atoms with van der Waals surface area (Å²) >= 11 is 0. The van der Waals surface area contributed by atoms with Gasteiger partial charge >= 0.3 is 12.5 Å². The molecule has 0 bridgehead atoms. The summed E-state index contributed by atoms with van der Waals surface area (Å²) in [6.07, 6.45) is -7.35. The van der Waals surface area contributed by atoms with Crippen LogP contribution in [0.15, 0.2) is 43.0 Å². The zero-order valence-corrected chi connectivity index (χ0v) is 18.1. The van der Waals surface area contributed by atoms with Gasteiger partial charge in [-0.2, -0.15) is 18.4 Å². The quantitative estimate of drug-likeness (QED) is 0.509. The number of hydrogen-bond donors (Lipinski definition) is 1. The molecule has 0 atom stereocenters. The number of carbonyl (C=O) groups is 1. The molecule has 3 rings (SSSR count). The molecule has 1 aromatic carbocycles. The van der Waals surface area contributed by atoms with E-state index < -0.39 is 36.2 Å². The van der Waals surface area contributed by atoms with Crippen LogP contribution in [0, 0.1) is 11.3 Å². The van der Waals surface area contributed by atoms with Crippen LogP contribution in [0.2, 0.25) is 0 Å². The predicted octanol–water partition coefficient (Wildman–Crippen LogP) is 4.54. The summed E-state index contributed by atoms with van der Waals surface area (Å²) in [6.45, 7) is 3.72. The highest BCUT2D eigenvalue weighted by Gasteiger charge is 2.40. The van der Waals surface area contributed by atoms with Crippen molar-refractivity contribution in [3.8, 4) is 17.3 Å². The molecule has 1 aliphatic carbocycles. The maximum Gasteiger partial charge on any atom is 0.522 e. The molecule has 1 saturated carbocycles. The van der Waals surface area contributed by atoms with Gasteiger partial charge in [-0.3, -0.25) is 9.53 Å². The Morgan fingerprint density at radius 1 is 1.23 bits per heavy atom. The highest BCUT2D eigenvalue weighted by molar-refractivity contribution is 5.78. The molecule has 0 spiro atoms. The molecule has 0 saturated heterocycles. The number of imidazole rings is 1. The van der Waals surface area contributed by atoms with E-state index in [1.165, 1.54) is 12.4 Å². The number of amides is 1. The number of allylic oxidation sites excluding steroid dienone is 1. The van der Waals surface area contributed by atoms with E-state index in [9.17, 15) is 36.4 Å². The van der Waals surface area contributed by atoms with Gasteiger partial charge in [0, 0.05) is 43.3 Å². The number of nitriles is 1. The molecule has 1 N–H and O–H groups in total. The van der Waals surface area contributed by atoms with Crippen molar-refractivity contribution < 1.29 is 40.6 Å². The Hall–Kier alpha value is -3.37. The van der Waals surface area contributed by atoms with Gasteiger partial charge in [0.05, 0.1) is 41.4 Å². The summed E-state index contributed by atoms with van der Waals surface area (Å²) in [5, 5.41) is 11.8. The minimum atomic E-state index is -4.70. The molecule has 1 aliphatic rings. The summed E-state index contributed by atoms with van der Waals surface area (Å²) in [4.78, 5) is 16.1. The third kappa shape index (κ3) is 7.56. The number of carbonyl (C=O) groups excluding carboxylic acids is 1. The van der Waals surface area contributed by atoms with Gasteiger partial charge < -0.3 is 14.6 Å². The first-order valence-electron chi connectivity index (χ1n) is 10.3. The Bertz CT molecular complexity index is 1110. The van der Waals surface area contributed by atoms with E-state index >= 15 is 0 Å². The van der Waals surface area contributed by atoms with Crippen molar-refractivity contribution in [2.45, 2.75) is 50.6 Å². The first-order valence-corrected chi connectivity index (χ1v) is 10.3. The summed E-state index contributed by atoms with van der Waals surface area (Å²) in [7, 11) is 0. The predicted molar refractivity (Wildman–Crippen MR) is 109 cm³/mol. The molecule has 0 unspecified atom stereocenters. The molecule has 2 aromatic rings. The molecule has 1 aromatic heterocycles. The second-order valence-electron chi connectivity index (χ2n) is 7.86. The lowest BCUT2D eigenvalue weighted by Gasteiger charge is -2.34. The molecule has 0 aliphatic heterocycles. The van der Waals surface area contributed by atoms with Gasteiger partial charge in [0.2, 0.25) is 5.91 Å². The number of benzene rings is 1. The SMILES string of the molecule is C=C(CCn1cnc(-c2ccc(C(F)(F)F)cc2C#N)c1)NC(=O)COC1CC(OC(F)(F)F)C1. The first-order chi connectivity index (χ1) is 16.3. The van der Waals surface area contributed by atoms with Crippen LogP contribution in [0.4, 0.5) is 26.3 Å². The smallest absolute Gasteiger partial charge is 0.368 e. The number of rotatable bonds is 9. The van der Waals surface area contributed by atoms with E-state index in [0.717, 1.165) is 12.1 Å². The largest absolute Gasteiger partial charge is 0.522 e. The molecule has 35 heavy (non-hydrogen) atoms. The molecule has 1 heterocycles. The number of nitrogens with one attached hydrogen (secondary N) is 1. The van der Waals surface area contributed by atoms with Crippen LogP contribution in [0.5, 0.6) is 0 Å². The Morgan fingerprint density at radius 3 is 2.57 bits per heavy atom. The van der Waals surface area contributed by atoms with Crippen molar-refractivity contribution >= 4 is 5.91 Å². The lowest BCUT2D eigenvalue weighted by atomic mass is 9.92. The topological polar surface area (TPSA) is 89.2 Å². The van der Waals surface area contributed by atoms with Crippen molar-refractivity contribution in [3.63, 3.8) is 0 Å².